The van der Waals surface area contributed by atoms with Gasteiger partial charge in [-0.25, -0.2) is 4.39 Å². The Bertz CT molecular complexity index is 420. The number of fused-ring (bicyclic) bond motifs is 2. The highest BCUT2D eigenvalue weighted by atomic mass is 32.2. The Morgan fingerprint density at radius 2 is 2.38 bits per heavy atom. The minimum absolute atomic E-state index is 0.0701. The van der Waals surface area contributed by atoms with E-state index in [0.29, 0.717) is 5.25 Å². The van der Waals surface area contributed by atoms with Crippen LogP contribution >= 0.6 is 11.8 Å². The van der Waals surface area contributed by atoms with E-state index in [9.17, 15) is 4.39 Å². The molecule has 3 heteroatoms. The summed E-state index contributed by atoms with van der Waals surface area (Å²) in [7, 11) is 0. The first-order valence-corrected chi connectivity index (χ1v) is 6.79. The fourth-order valence-electron chi connectivity index (χ4n) is 2.84. The summed E-state index contributed by atoms with van der Waals surface area (Å²) in [4.78, 5) is 0.0701. The minimum Gasteiger partial charge on any atom is -0.299 e. The van der Waals surface area contributed by atoms with Crippen LogP contribution in [-0.4, -0.2) is 11.8 Å². The summed E-state index contributed by atoms with van der Waals surface area (Å²) in [5.74, 6) is -0.107. The molecular formula is C13H16FNS. The highest BCUT2D eigenvalue weighted by molar-refractivity contribution is 8.00. The molecule has 1 nitrogen and oxygen atoms in total. The van der Waals surface area contributed by atoms with Crippen LogP contribution in [0.3, 0.4) is 0 Å². The van der Waals surface area contributed by atoms with Gasteiger partial charge in [-0.05, 0) is 49.1 Å². The second-order valence-corrected chi connectivity index (χ2v) is 6.51. The van der Waals surface area contributed by atoms with E-state index in [-0.39, 0.29) is 10.7 Å². The number of aryl methyl sites for hydroxylation is 1. The second-order valence-electron chi connectivity index (χ2n) is 4.77. The molecule has 3 rings (SSSR count). The molecule has 0 saturated carbocycles. The van der Waals surface area contributed by atoms with Gasteiger partial charge in [0.05, 0.1) is 4.87 Å². The van der Waals surface area contributed by atoms with Crippen LogP contribution in [0.15, 0.2) is 18.2 Å². The van der Waals surface area contributed by atoms with Crippen molar-refractivity contribution in [3.05, 3.63) is 35.1 Å². The summed E-state index contributed by atoms with van der Waals surface area (Å²) in [6.45, 7) is 3.36. The van der Waals surface area contributed by atoms with E-state index in [1.54, 1.807) is 12.1 Å². The average molecular weight is 237 g/mol. The maximum Gasteiger partial charge on any atom is 0.123 e. The molecule has 86 valence electrons. The molecule has 1 fully saturated rings. The molecule has 0 bridgehead atoms. The predicted octanol–water partition coefficient (Wildman–Crippen LogP) is 3.04. The van der Waals surface area contributed by atoms with Crippen molar-refractivity contribution < 1.29 is 4.39 Å². The molecule has 2 atom stereocenters. The number of nitrogens with one attached hydrogen (secondary N) is 1. The Morgan fingerprint density at radius 1 is 1.50 bits per heavy atom. The number of hydrogen-bond acceptors (Lipinski definition) is 2. The molecule has 16 heavy (non-hydrogen) atoms. The highest BCUT2D eigenvalue weighted by Gasteiger charge is 2.42. The van der Waals surface area contributed by atoms with Gasteiger partial charge in [-0.2, -0.15) is 0 Å². The fraction of sp³-hybridized carbons (Fsp3) is 0.538. The van der Waals surface area contributed by atoms with Gasteiger partial charge in [0.2, 0.25) is 0 Å². The van der Waals surface area contributed by atoms with Crippen LogP contribution in [0.5, 0.6) is 0 Å². The smallest absolute Gasteiger partial charge is 0.123 e. The topological polar surface area (TPSA) is 12.0 Å². The summed E-state index contributed by atoms with van der Waals surface area (Å²) in [5.41, 5.74) is 2.50. The summed E-state index contributed by atoms with van der Waals surface area (Å²) in [6, 6.07) is 5.26. The lowest BCUT2D eigenvalue weighted by Crippen LogP contribution is -2.43. The Labute approximate surface area is 99.8 Å². The van der Waals surface area contributed by atoms with Crippen LogP contribution < -0.4 is 5.32 Å². The summed E-state index contributed by atoms with van der Waals surface area (Å²) >= 11 is 2.01. The van der Waals surface area contributed by atoms with Crippen molar-refractivity contribution in [2.24, 2.45) is 0 Å². The standard InChI is InChI=1S/C13H16FNS/c1-9-5-7-15-13(16-9)6-4-10-8-11(14)2-3-12(10)13/h2-3,8-9,15H,4-7H2,1H3. The van der Waals surface area contributed by atoms with Crippen LogP contribution in [0.1, 0.15) is 30.9 Å². The van der Waals surface area contributed by atoms with E-state index in [1.807, 2.05) is 17.8 Å². The van der Waals surface area contributed by atoms with E-state index in [4.69, 9.17) is 0 Å². The zero-order valence-corrected chi connectivity index (χ0v) is 10.2. The van der Waals surface area contributed by atoms with Crippen molar-refractivity contribution in [3.63, 3.8) is 0 Å². The second kappa shape index (κ2) is 3.74. The number of benzene rings is 1. The van der Waals surface area contributed by atoms with Crippen molar-refractivity contribution in [2.75, 3.05) is 6.54 Å². The first kappa shape index (κ1) is 10.6. The number of thioether (sulfide) groups is 1. The molecule has 1 aliphatic carbocycles. The van der Waals surface area contributed by atoms with Crippen molar-refractivity contribution in [2.45, 2.75) is 36.3 Å². The van der Waals surface area contributed by atoms with Gasteiger partial charge >= 0.3 is 0 Å². The molecule has 0 amide bonds. The largest absolute Gasteiger partial charge is 0.299 e. The van der Waals surface area contributed by atoms with Crippen LogP contribution in [0.25, 0.3) is 0 Å². The molecule has 1 saturated heterocycles. The van der Waals surface area contributed by atoms with Crippen LogP contribution in [0, 0.1) is 5.82 Å². The quantitative estimate of drug-likeness (QED) is 0.744. The van der Waals surface area contributed by atoms with Crippen molar-refractivity contribution in [3.8, 4) is 0 Å². The summed E-state index contributed by atoms with van der Waals surface area (Å²) < 4.78 is 13.2. The van der Waals surface area contributed by atoms with Gasteiger partial charge < -0.3 is 0 Å². The minimum atomic E-state index is -0.107. The molecular weight excluding hydrogens is 221 g/mol. The van der Waals surface area contributed by atoms with E-state index in [1.165, 1.54) is 17.5 Å². The molecule has 1 aromatic rings. The maximum absolute atomic E-state index is 13.2. The van der Waals surface area contributed by atoms with Gasteiger partial charge in [0.1, 0.15) is 5.82 Å². The van der Waals surface area contributed by atoms with Crippen molar-refractivity contribution >= 4 is 11.8 Å². The Morgan fingerprint density at radius 3 is 3.19 bits per heavy atom. The van der Waals surface area contributed by atoms with Gasteiger partial charge in [-0.15, -0.1) is 11.8 Å². The monoisotopic (exact) mass is 237 g/mol. The first-order chi connectivity index (χ1) is 7.70. The lowest BCUT2D eigenvalue weighted by atomic mass is 10.1. The van der Waals surface area contributed by atoms with Crippen molar-refractivity contribution in [1.82, 2.24) is 5.32 Å². The Hall–Kier alpha value is -0.540. The van der Waals surface area contributed by atoms with Gasteiger partial charge in [0.15, 0.2) is 0 Å². The Kier molecular flexibility index (Phi) is 2.48. The maximum atomic E-state index is 13.2. The molecule has 0 radical (unpaired) electrons. The number of rotatable bonds is 0. The van der Waals surface area contributed by atoms with E-state index in [2.05, 4.69) is 12.2 Å². The van der Waals surface area contributed by atoms with Crippen LogP contribution in [0.2, 0.25) is 0 Å². The van der Waals surface area contributed by atoms with Gasteiger partial charge in [-0.1, -0.05) is 13.0 Å². The van der Waals surface area contributed by atoms with E-state index < -0.39 is 0 Å². The number of halogens is 1. The normalized spacial score (nSPS) is 33.0. The zero-order chi connectivity index (χ0) is 11.2. The predicted molar refractivity (Wildman–Crippen MR) is 66.1 cm³/mol. The first-order valence-electron chi connectivity index (χ1n) is 5.91. The van der Waals surface area contributed by atoms with Gasteiger partial charge in [-0.3, -0.25) is 5.32 Å². The third kappa shape index (κ3) is 1.57. The van der Waals surface area contributed by atoms with E-state index in [0.717, 1.165) is 19.4 Å². The zero-order valence-electron chi connectivity index (χ0n) is 9.42. The molecule has 1 N–H and O–H groups in total. The molecule has 2 unspecified atom stereocenters. The molecule has 1 aliphatic heterocycles. The average Bonchev–Trinajstić information content (AvgIpc) is 2.57. The molecule has 1 heterocycles. The third-order valence-corrected chi connectivity index (χ3v) is 5.22. The molecule has 2 aliphatic rings. The SMILES string of the molecule is CC1CCNC2(CCc3cc(F)ccc32)S1. The Balaban J connectivity index is 2.01. The fourth-order valence-corrected chi connectivity index (χ4v) is 4.49. The highest BCUT2D eigenvalue weighted by Crippen LogP contribution is 2.49. The third-order valence-electron chi connectivity index (χ3n) is 3.61. The lowest BCUT2D eigenvalue weighted by Gasteiger charge is -2.38. The number of hydrogen-bond donors (Lipinski definition) is 1. The summed E-state index contributed by atoms with van der Waals surface area (Å²) in [6.07, 6.45) is 3.32. The summed E-state index contributed by atoms with van der Waals surface area (Å²) in [5, 5.41) is 4.33. The molecule has 1 aromatic carbocycles. The van der Waals surface area contributed by atoms with E-state index >= 15 is 0 Å². The lowest BCUT2D eigenvalue weighted by molar-refractivity contribution is 0.450. The van der Waals surface area contributed by atoms with Gasteiger partial charge in [0.25, 0.3) is 0 Å². The van der Waals surface area contributed by atoms with Gasteiger partial charge in [0, 0.05) is 5.25 Å². The van der Waals surface area contributed by atoms with Crippen molar-refractivity contribution in [1.29, 1.82) is 0 Å². The molecule has 0 aromatic heterocycles. The molecule has 1 spiro atoms. The van der Waals surface area contributed by atoms with Crippen LogP contribution in [0.4, 0.5) is 4.39 Å². The van der Waals surface area contributed by atoms with Crippen LogP contribution in [-0.2, 0) is 11.3 Å².